The Bertz CT molecular complexity index is 539. The van der Waals surface area contributed by atoms with Gasteiger partial charge in [-0.2, -0.15) is 0 Å². The molecule has 0 saturated carbocycles. The number of nitrogens with zero attached hydrogens (tertiary/aromatic N) is 1. The number of aryl methyl sites for hydroxylation is 1. The van der Waals surface area contributed by atoms with Crippen LogP contribution in [0, 0.1) is 12.8 Å². The molecule has 1 aliphatic heterocycles. The number of amides is 2. The van der Waals surface area contributed by atoms with Crippen LogP contribution in [0.15, 0.2) is 24.3 Å². The molecule has 1 N–H and O–H groups in total. The van der Waals surface area contributed by atoms with Gasteiger partial charge in [-0.05, 0) is 37.3 Å². The highest BCUT2D eigenvalue weighted by atomic mass is 16.2. The summed E-state index contributed by atoms with van der Waals surface area (Å²) >= 11 is 0. The van der Waals surface area contributed by atoms with Crippen molar-refractivity contribution >= 4 is 11.8 Å². The smallest absolute Gasteiger partial charge is 0.245 e. The quantitative estimate of drug-likeness (QED) is 0.920. The lowest BCUT2D eigenvalue weighted by Crippen LogP contribution is -2.64. The van der Waals surface area contributed by atoms with Crippen LogP contribution in [0.4, 0.5) is 0 Å². The standard InChI is InChI=1S/C17H24N2O2/c1-11(2)15-16(20)18-13(4)17(21)19(15)10-9-14-8-6-5-7-12(14)3/h5-8,11,13,15H,9-10H2,1-4H3,(H,18,20). The molecule has 0 aromatic heterocycles. The van der Waals surface area contributed by atoms with E-state index in [2.05, 4.69) is 24.4 Å². The molecule has 1 aromatic carbocycles. The maximum atomic E-state index is 12.4. The lowest BCUT2D eigenvalue weighted by molar-refractivity contribution is -0.150. The van der Waals surface area contributed by atoms with Gasteiger partial charge >= 0.3 is 0 Å². The third kappa shape index (κ3) is 3.26. The zero-order valence-corrected chi connectivity index (χ0v) is 13.2. The van der Waals surface area contributed by atoms with Crippen molar-refractivity contribution in [1.29, 1.82) is 0 Å². The molecule has 2 amide bonds. The number of benzene rings is 1. The number of carbonyl (C=O) groups is 2. The molecule has 1 aliphatic rings. The average molecular weight is 288 g/mol. The molecule has 114 valence electrons. The van der Waals surface area contributed by atoms with Crippen LogP contribution in [0.25, 0.3) is 0 Å². The van der Waals surface area contributed by atoms with Gasteiger partial charge < -0.3 is 10.2 Å². The molecule has 1 fully saturated rings. The molecule has 0 aliphatic carbocycles. The summed E-state index contributed by atoms with van der Waals surface area (Å²) < 4.78 is 0. The van der Waals surface area contributed by atoms with E-state index in [9.17, 15) is 9.59 Å². The number of hydrogen-bond acceptors (Lipinski definition) is 2. The monoisotopic (exact) mass is 288 g/mol. The average Bonchev–Trinajstić information content (AvgIpc) is 2.42. The predicted molar refractivity (Wildman–Crippen MR) is 82.8 cm³/mol. The summed E-state index contributed by atoms with van der Waals surface area (Å²) in [4.78, 5) is 26.3. The molecular formula is C17H24N2O2. The molecule has 0 bridgehead atoms. The summed E-state index contributed by atoms with van der Waals surface area (Å²) in [5.74, 6) is 0.0853. The van der Waals surface area contributed by atoms with Gasteiger partial charge in [0.1, 0.15) is 12.1 Å². The van der Waals surface area contributed by atoms with E-state index in [1.54, 1.807) is 11.8 Å². The van der Waals surface area contributed by atoms with Crippen molar-refractivity contribution in [3.05, 3.63) is 35.4 Å². The minimum Gasteiger partial charge on any atom is -0.343 e. The van der Waals surface area contributed by atoms with E-state index < -0.39 is 6.04 Å². The first kappa shape index (κ1) is 15.5. The molecular weight excluding hydrogens is 264 g/mol. The summed E-state index contributed by atoms with van der Waals surface area (Å²) in [7, 11) is 0. The van der Waals surface area contributed by atoms with Crippen molar-refractivity contribution in [2.75, 3.05) is 6.54 Å². The molecule has 1 saturated heterocycles. The third-order valence-electron chi connectivity index (χ3n) is 4.13. The van der Waals surface area contributed by atoms with E-state index in [0.717, 1.165) is 6.42 Å². The number of nitrogens with one attached hydrogen (secondary N) is 1. The zero-order chi connectivity index (χ0) is 15.6. The number of carbonyl (C=O) groups excluding carboxylic acids is 2. The Kier molecular flexibility index (Phi) is 4.66. The molecule has 21 heavy (non-hydrogen) atoms. The lowest BCUT2D eigenvalue weighted by Gasteiger charge is -2.40. The SMILES string of the molecule is Cc1ccccc1CCN1C(=O)C(C)NC(=O)C1C(C)C. The van der Waals surface area contributed by atoms with Gasteiger partial charge in [-0.3, -0.25) is 9.59 Å². The fraction of sp³-hybridized carbons (Fsp3) is 0.529. The van der Waals surface area contributed by atoms with Gasteiger partial charge in [0, 0.05) is 6.54 Å². The van der Waals surface area contributed by atoms with Crippen molar-refractivity contribution in [1.82, 2.24) is 10.2 Å². The van der Waals surface area contributed by atoms with Gasteiger partial charge in [-0.15, -0.1) is 0 Å². The molecule has 2 unspecified atom stereocenters. The molecule has 0 spiro atoms. The molecule has 2 atom stereocenters. The Balaban J connectivity index is 2.16. The molecule has 1 heterocycles. The highest BCUT2D eigenvalue weighted by molar-refractivity contribution is 5.96. The van der Waals surface area contributed by atoms with Crippen LogP contribution < -0.4 is 5.32 Å². The molecule has 0 radical (unpaired) electrons. The number of piperazine rings is 1. The minimum absolute atomic E-state index is 0.0156. The van der Waals surface area contributed by atoms with E-state index >= 15 is 0 Å². The third-order valence-corrected chi connectivity index (χ3v) is 4.13. The number of hydrogen-bond donors (Lipinski definition) is 1. The maximum absolute atomic E-state index is 12.4. The highest BCUT2D eigenvalue weighted by Gasteiger charge is 2.39. The minimum atomic E-state index is -0.427. The largest absolute Gasteiger partial charge is 0.343 e. The first-order valence-electron chi connectivity index (χ1n) is 7.57. The number of rotatable bonds is 4. The Morgan fingerprint density at radius 1 is 1.24 bits per heavy atom. The van der Waals surface area contributed by atoms with Crippen LogP contribution in [0.1, 0.15) is 31.9 Å². The second kappa shape index (κ2) is 6.29. The van der Waals surface area contributed by atoms with Gasteiger partial charge in [0.25, 0.3) is 0 Å². The van der Waals surface area contributed by atoms with E-state index in [0.29, 0.717) is 6.54 Å². The fourth-order valence-electron chi connectivity index (χ4n) is 2.93. The molecule has 4 nitrogen and oxygen atoms in total. The molecule has 1 aromatic rings. The van der Waals surface area contributed by atoms with Crippen molar-refractivity contribution in [2.45, 2.75) is 46.2 Å². The normalized spacial score (nSPS) is 22.6. The molecule has 4 heteroatoms. The first-order valence-corrected chi connectivity index (χ1v) is 7.57. The van der Waals surface area contributed by atoms with Crippen LogP contribution >= 0.6 is 0 Å². The zero-order valence-electron chi connectivity index (χ0n) is 13.2. The summed E-state index contributed by atoms with van der Waals surface area (Å²) in [6, 6.07) is 7.38. The van der Waals surface area contributed by atoms with E-state index in [4.69, 9.17) is 0 Å². The first-order chi connectivity index (χ1) is 9.91. The van der Waals surface area contributed by atoms with Crippen molar-refractivity contribution in [2.24, 2.45) is 5.92 Å². The summed E-state index contributed by atoms with van der Waals surface area (Å²) in [6.07, 6.45) is 0.779. The highest BCUT2D eigenvalue weighted by Crippen LogP contribution is 2.19. The van der Waals surface area contributed by atoms with Crippen molar-refractivity contribution in [3.63, 3.8) is 0 Å². The van der Waals surface area contributed by atoms with Crippen molar-refractivity contribution in [3.8, 4) is 0 Å². The maximum Gasteiger partial charge on any atom is 0.245 e. The summed E-state index contributed by atoms with van der Waals surface area (Å²) in [5, 5.41) is 2.77. The van der Waals surface area contributed by atoms with Crippen LogP contribution in [0.2, 0.25) is 0 Å². The second-order valence-electron chi connectivity index (χ2n) is 6.13. The fourth-order valence-corrected chi connectivity index (χ4v) is 2.93. The van der Waals surface area contributed by atoms with Crippen LogP contribution in [0.3, 0.4) is 0 Å². The van der Waals surface area contributed by atoms with Gasteiger partial charge in [0.15, 0.2) is 0 Å². The van der Waals surface area contributed by atoms with Crippen molar-refractivity contribution < 1.29 is 9.59 Å². The molecule has 2 rings (SSSR count). The Hall–Kier alpha value is -1.84. The topological polar surface area (TPSA) is 49.4 Å². The van der Waals surface area contributed by atoms with Crippen LogP contribution in [0.5, 0.6) is 0 Å². The van der Waals surface area contributed by atoms with Crippen LogP contribution in [-0.2, 0) is 16.0 Å². The Morgan fingerprint density at radius 3 is 2.52 bits per heavy atom. The lowest BCUT2D eigenvalue weighted by atomic mass is 9.96. The van der Waals surface area contributed by atoms with Gasteiger partial charge in [0.2, 0.25) is 11.8 Å². The van der Waals surface area contributed by atoms with E-state index in [-0.39, 0.29) is 23.8 Å². The van der Waals surface area contributed by atoms with Gasteiger partial charge in [-0.25, -0.2) is 0 Å². The second-order valence-corrected chi connectivity index (χ2v) is 6.13. The van der Waals surface area contributed by atoms with Crippen LogP contribution in [-0.4, -0.2) is 35.3 Å². The van der Waals surface area contributed by atoms with Gasteiger partial charge in [-0.1, -0.05) is 38.1 Å². The Labute approximate surface area is 126 Å². The van der Waals surface area contributed by atoms with E-state index in [1.807, 2.05) is 26.0 Å². The predicted octanol–water partition coefficient (Wildman–Crippen LogP) is 1.91. The Morgan fingerprint density at radius 2 is 1.90 bits per heavy atom. The summed E-state index contributed by atoms with van der Waals surface area (Å²) in [5.41, 5.74) is 2.45. The summed E-state index contributed by atoms with van der Waals surface area (Å²) in [6.45, 7) is 8.37. The van der Waals surface area contributed by atoms with Gasteiger partial charge in [0.05, 0.1) is 0 Å². The van der Waals surface area contributed by atoms with E-state index in [1.165, 1.54) is 11.1 Å².